The summed E-state index contributed by atoms with van der Waals surface area (Å²) < 4.78 is 10.9. The quantitative estimate of drug-likeness (QED) is 0.579. The van der Waals surface area contributed by atoms with Crippen LogP contribution in [0.25, 0.3) is 0 Å². The molecule has 1 aliphatic heterocycles. The Morgan fingerprint density at radius 1 is 1.22 bits per heavy atom. The third kappa shape index (κ3) is 5.83. The van der Waals surface area contributed by atoms with Crippen molar-refractivity contribution in [2.45, 2.75) is 51.9 Å². The van der Waals surface area contributed by atoms with Crippen LogP contribution < -0.4 is 0 Å². The largest absolute Gasteiger partial charge is 0.481 e. The summed E-state index contributed by atoms with van der Waals surface area (Å²) in [6.45, 7) is 5.52. The van der Waals surface area contributed by atoms with Gasteiger partial charge in [0.2, 0.25) is 0 Å². The molecular formula is C14H26O4. The van der Waals surface area contributed by atoms with Crippen LogP contribution in [0.3, 0.4) is 0 Å². The highest BCUT2D eigenvalue weighted by atomic mass is 16.5. The van der Waals surface area contributed by atoms with Gasteiger partial charge in [0.25, 0.3) is 0 Å². The van der Waals surface area contributed by atoms with E-state index in [-0.39, 0.29) is 0 Å². The van der Waals surface area contributed by atoms with Crippen molar-refractivity contribution in [3.63, 3.8) is 0 Å². The fraction of sp³-hybridized carbons (Fsp3) is 0.929. The van der Waals surface area contributed by atoms with Crippen LogP contribution in [0.1, 0.15) is 51.9 Å². The van der Waals surface area contributed by atoms with Crippen molar-refractivity contribution in [2.24, 2.45) is 5.41 Å². The first-order chi connectivity index (χ1) is 8.68. The normalized spacial score (nSPS) is 17.4. The van der Waals surface area contributed by atoms with Crippen LogP contribution in [0, 0.1) is 5.41 Å². The highest BCUT2D eigenvalue weighted by molar-refractivity contribution is 5.66. The van der Waals surface area contributed by atoms with E-state index in [2.05, 4.69) is 6.92 Å². The average molecular weight is 258 g/mol. The van der Waals surface area contributed by atoms with E-state index in [0.717, 1.165) is 65.0 Å². The summed E-state index contributed by atoms with van der Waals surface area (Å²) in [4.78, 5) is 10.3. The zero-order chi connectivity index (χ0) is 13.3. The van der Waals surface area contributed by atoms with E-state index < -0.39 is 5.97 Å². The first-order valence-corrected chi connectivity index (χ1v) is 7.06. The van der Waals surface area contributed by atoms with E-state index in [9.17, 15) is 4.79 Å². The van der Waals surface area contributed by atoms with Gasteiger partial charge in [0, 0.05) is 18.4 Å². The molecule has 0 aliphatic carbocycles. The van der Waals surface area contributed by atoms with Crippen molar-refractivity contribution in [3.8, 4) is 0 Å². The first kappa shape index (κ1) is 15.4. The Labute approximate surface area is 110 Å². The average Bonchev–Trinajstić information content (AvgIpc) is 2.29. The number of carboxylic acid groups (broad SMARTS) is 1. The van der Waals surface area contributed by atoms with E-state index in [1.807, 2.05) is 0 Å². The van der Waals surface area contributed by atoms with Crippen molar-refractivity contribution in [1.29, 1.82) is 0 Å². The molecule has 1 heterocycles. The molecule has 0 aromatic heterocycles. The maximum absolute atomic E-state index is 10.3. The fourth-order valence-electron chi connectivity index (χ4n) is 2.08. The zero-order valence-corrected chi connectivity index (χ0v) is 11.5. The van der Waals surface area contributed by atoms with E-state index >= 15 is 0 Å². The second kappa shape index (κ2) is 8.48. The third-order valence-electron chi connectivity index (χ3n) is 3.65. The maximum Gasteiger partial charge on any atom is 0.303 e. The molecule has 0 radical (unpaired) electrons. The van der Waals surface area contributed by atoms with E-state index in [1.54, 1.807) is 0 Å². The van der Waals surface area contributed by atoms with Gasteiger partial charge >= 0.3 is 5.97 Å². The van der Waals surface area contributed by atoms with Gasteiger partial charge in [-0.3, -0.25) is 4.79 Å². The van der Waals surface area contributed by atoms with Crippen LogP contribution in [-0.2, 0) is 14.3 Å². The third-order valence-corrected chi connectivity index (χ3v) is 3.65. The highest BCUT2D eigenvalue weighted by Gasteiger charge is 2.36. The van der Waals surface area contributed by atoms with E-state index in [1.165, 1.54) is 0 Å². The molecule has 0 aromatic rings. The summed E-state index contributed by atoms with van der Waals surface area (Å²) in [5.41, 5.74) is 0.293. The Kier molecular flexibility index (Phi) is 7.28. The summed E-state index contributed by atoms with van der Waals surface area (Å²) in [6.07, 6.45) is 6.56. The number of unbranched alkanes of at least 4 members (excludes halogenated alkanes) is 4. The molecule has 0 spiro atoms. The highest BCUT2D eigenvalue weighted by Crippen LogP contribution is 2.31. The molecule has 1 rings (SSSR count). The van der Waals surface area contributed by atoms with Gasteiger partial charge in [-0.1, -0.05) is 26.2 Å². The van der Waals surface area contributed by atoms with Crippen molar-refractivity contribution in [2.75, 3.05) is 26.4 Å². The molecule has 0 saturated carbocycles. The van der Waals surface area contributed by atoms with Gasteiger partial charge in [0.15, 0.2) is 0 Å². The van der Waals surface area contributed by atoms with Gasteiger partial charge in [-0.2, -0.15) is 0 Å². The van der Waals surface area contributed by atoms with Crippen molar-refractivity contribution < 1.29 is 19.4 Å². The number of ether oxygens (including phenoxy) is 2. The van der Waals surface area contributed by atoms with Crippen molar-refractivity contribution in [3.05, 3.63) is 0 Å². The topological polar surface area (TPSA) is 55.8 Å². The summed E-state index contributed by atoms with van der Waals surface area (Å²) >= 11 is 0. The smallest absolute Gasteiger partial charge is 0.303 e. The molecule has 0 atom stereocenters. The Hall–Kier alpha value is -0.610. The van der Waals surface area contributed by atoms with Gasteiger partial charge in [-0.15, -0.1) is 0 Å². The van der Waals surface area contributed by atoms with Crippen LogP contribution in [0.15, 0.2) is 0 Å². The molecule has 0 unspecified atom stereocenters. The summed E-state index contributed by atoms with van der Waals surface area (Å²) in [5, 5.41) is 8.48. The van der Waals surface area contributed by atoms with Crippen LogP contribution in [-0.4, -0.2) is 37.5 Å². The van der Waals surface area contributed by atoms with Crippen LogP contribution >= 0.6 is 0 Å². The number of hydrogen-bond donors (Lipinski definition) is 1. The molecule has 1 aliphatic rings. The number of carboxylic acids is 1. The van der Waals surface area contributed by atoms with Crippen LogP contribution in [0.5, 0.6) is 0 Å². The zero-order valence-electron chi connectivity index (χ0n) is 11.5. The minimum absolute atomic E-state index is 0.293. The molecule has 18 heavy (non-hydrogen) atoms. The minimum Gasteiger partial charge on any atom is -0.481 e. The van der Waals surface area contributed by atoms with Gasteiger partial charge in [-0.25, -0.2) is 0 Å². The molecule has 0 amide bonds. The second-order valence-electron chi connectivity index (χ2n) is 5.31. The van der Waals surface area contributed by atoms with Gasteiger partial charge in [0.05, 0.1) is 19.8 Å². The van der Waals surface area contributed by atoms with Crippen LogP contribution in [0.4, 0.5) is 0 Å². The van der Waals surface area contributed by atoms with Crippen molar-refractivity contribution in [1.82, 2.24) is 0 Å². The lowest BCUT2D eigenvalue weighted by Gasteiger charge is -2.40. The maximum atomic E-state index is 10.3. The molecule has 1 N–H and O–H groups in total. The minimum atomic E-state index is -0.689. The lowest BCUT2D eigenvalue weighted by molar-refractivity contribution is -0.150. The van der Waals surface area contributed by atoms with E-state index in [4.69, 9.17) is 14.6 Å². The molecule has 1 saturated heterocycles. The molecule has 4 nitrogen and oxygen atoms in total. The number of rotatable bonds is 11. The Morgan fingerprint density at radius 2 is 1.89 bits per heavy atom. The number of aliphatic carboxylic acids is 1. The lowest BCUT2D eigenvalue weighted by atomic mass is 9.84. The first-order valence-electron chi connectivity index (χ1n) is 7.06. The predicted octanol–water partition coefficient (Wildman–Crippen LogP) is 2.85. The standard InChI is InChI=1S/C14H26O4/c1-2-14(11-18-12-14)10-17-9-7-5-3-4-6-8-13(15)16/h2-12H2,1H3,(H,15,16). The van der Waals surface area contributed by atoms with Crippen LogP contribution in [0.2, 0.25) is 0 Å². The molecule has 106 valence electrons. The monoisotopic (exact) mass is 258 g/mol. The molecule has 1 fully saturated rings. The lowest BCUT2D eigenvalue weighted by Crippen LogP contribution is -2.45. The molecular weight excluding hydrogens is 232 g/mol. The van der Waals surface area contributed by atoms with Gasteiger partial charge < -0.3 is 14.6 Å². The van der Waals surface area contributed by atoms with Crippen molar-refractivity contribution >= 4 is 5.97 Å². The predicted molar refractivity (Wildman–Crippen MR) is 69.7 cm³/mol. The number of hydrogen-bond acceptors (Lipinski definition) is 3. The summed E-state index contributed by atoms with van der Waals surface area (Å²) in [7, 11) is 0. The molecule has 0 bridgehead atoms. The second-order valence-corrected chi connectivity index (χ2v) is 5.31. The van der Waals surface area contributed by atoms with E-state index in [0.29, 0.717) is 11.8 Å². The summed E-state index contributed by atoms with van der Waals surface area (Å²) in [5.74, 6) is -0.689. The molecule has 4 heteroatoms. The Balaban J connectivity index is 1.82. The summed E-state index contributed by atoms with van der Waals surface area (Å²) in [6, 6.07) is 0. The number of carbonyl (C=O) groups is 1. The molecule has 0 aromatic carbocycles. The van der Waals surface area contributed by atoms with Gasteiger partial charge in [-0.05, 0) is 19.3 Å². The SMILES string of the molecule is CCC1(COCCCCCCCC(=O)O)COC1. The van der Waals surface area contributed by atoms with Gasteiger partial charge in [0.1, 0.15) is 0 Å². The Bertz CT molecular complexity index is 230. The Morgan fingerprint density at radius 3 is 2.44 bits per heavy atom. The fourth-order valence-corrected chi connectivity index (χ4v) is 2.08.